The van der Waals surface area contributed by atoms with Gasteiger partial charge in [-0.1, -0.05) is 52.0 Å². The van der Waals surface area contributed by atoms with E-state index in [1.807, 2.05) is 42.5 Å². The van der Waals surface area contributed by atoms with Crippen LogP contribution < -0.4 is 10.7 Å². The molecule has 0 fully saturated rings. The number of thioether (sulfide) groups is 1. The highest BCUT2D eigenvalue weighted by Crippen LogP contribution is 2.16. The second kappa shape index (κ2) is 9.39. The number of benzene rings is 1. The summed E-state index contributed by atoms with van der Waals surface area (Å²) in [6.07, 6.45) is 3.25. The van der Waals surface area contributed by atoms with E-state index in [9.17, 15) is 4.79 Å². The van der Waals surface area contributed by atoms with E-state index in [-0.39, 0.29) is 11.7 Å². The van der Waals surface area contributed by atoms with Crippen LogP contribution in [0.5, 0.6) is 0 Å². The maximum absolute atomic E-state index is 11.8. The number of nitrogens with one attached hydrogen (secondary N) is 2. The number of rotatable bonds is 5. The molecule has 5 nitrogen and oxygen atoms in total. The van der Waals surface area contributed by atoms with E-state index in [1.54, 1.807) is 12.4 Å². The van der Waals surface area contributed by atoms with E-state index in [0.29, 0.717) is 4.32 Å². The zero-order valence-electron chi connectivity index (χ0n) is 11.9. The Kier molecular flexibility index (Phi) is 7.18. The molecule has 1 amide bonds. The van der Waals surface area contributed by atoms with Crippen LogP contribution in [0, 0.1) is 0 Å². The lowest BCUT2D eigenvalue weighted by molar-refractivity contribution is -0.113. The van der Waals surface area contributed by atoms with Gasteiger partial charge >= 0.3 is 0 Å². The Hall–Kier alpha value is -1.77. The van der Waals surface area contributed by atoms with Crippen molar-refractivity contribution in [3.8, 4) is 0 Å². The zero-order valence-corrected chi connectivity index (χ0v) is 15.1. The molecule has 118 valence electrons. The fourth-order valence-corrected chi connectivity index (χ4v) is 2.61. The summed E-state index contributed by atoms with van der Waals surface area (Å²) in [5.74, 6) is 0.0724. The number of anilines is 1. The third-order valence-corrected chi connectivity index (χ3v) is 4.18. The highest BCUT2D eigenvalue weighted by Gasteiger charge is 2.05. The molecule has 2 N–H and O–H groups in total. The summed E-state index contributed by atoms with van der Waals surface area (Å²) in [5, 5.41) is 6.77. The smallest absolute Gasteiger partial charge is 0.234 e. The van der Waals surface area contributed by atoms with Crippen LogP contribution in [-0.4, -0.2) is 27.2 Å². The second-order valence-electron chi connectivity index (χ2n) is 4.26. The molecule has 0 unspecified atom stereocenters. The third-order valence-electron chi connectivity index (χ3n) is 2.48. The van der Waals surface area contributed by atoms with Crippen LogP contribution in [0.15, 0.2) is 58.2 Å². The van der Waals surface area contributed by atoms with Crippen molar-refractivity contribution in [1.82, 2.24) is 10.4 Å². The molecule has 2 aromatic rings. The molecule has 1 aromatic carbocycles. The molecule has 0 spiro atoms. The molecule has 1 heterocycles. The largest absolute Gasteiger partial charge is 0.325 e. The van der Waals surface area contributed by atoms with E-state index >= 15 is 0 Å². The van der Waals surface area contributed by atoms with E-state index in [4.69, 9.17) is 12.2 Å². The second-order valence-corrected chi connectivity index (χ2v) is 6.83. The van der Waals surface area contributed by atoms with Gasteiger partial charge in [-0.15, -0.1) is 0 Å². The Morgan fingerprint density at radius 2 is 2.22 bits per heavy atom. The number of carbonyl (C=O) groups is 1. The molecule has 0 aliphatic heterocycles. The van der Waals surface area contributed by atoms with Crippen LogP contribution >= 0.6 is 39.9 Å². The van der Waals surface area contributed by atoms with Gasteiger partial charge in [-0.3, -0.25) is 15.2 Å². The van der Waals surface area contributed by atoms with Crippen molar-refractivity contribution >= 4 is 62.0 Å². The lowest BCUT2D eigenvalue weighted by atomic mass is 10.3. The van der Waals surface area contributed by atoms with Gasteiger partial charge < -0.3 is 5.32 Å². The predicted octanol–water partition coefficient (Wildman–Crippen LogP) is 3.42. The van der Waals surface area contributed by atoms with Crippen molar-refractivity contribution in [3.63, 3.8) is 0 Å². The standard InChI is InChI=1S/C15H13BrN4OS2/c16-11-4-3-6-12(8-11)19-14(21)10-23-15(22)20-18-9-13-5-1-2-7-17-13/h1-9H,10H2,(H,19,21)(H,20,22)/b18-9+. The third kappa shape index (κ3) is 6.89. The number of amides is 1. The number of nitrogens with zero attached hydrogens (tertiary/aromatic N) is 2. The molecule has 0 radical (unpaired) electrons. The van der Waals surface area contributed by atoms with E-state index < -0.39 is 0 Å². The number of halogens is 1. The van der Waals surface area contributed by atoms with Gasteiger partial charge in [0.15, 0.2) is 4.32 Å². The molecule has 0 atom stereocenters. The van der Waals surface area contributed by atoms with Gasteiger partial charge in [0, 0.05) is 16.4 Å². The normalized spacial score (nSPS) is 10.5. The number of carbonyl (C=O) groups excluding carboxylic acids is 1. The molecule has 2 rings (SSSR count). The van der Waals surface area contributed by atoms with Crippen LogP contribution in [0.4, 0.5) is 5.69 Å². The van der Waals surface area contributed by atoms with Gasteiger partial charge in [-0.05, 0) is 30.3 Å². The number of hydrazone groups is 1. The van der Waals surface area contributed by atoms with Crippen molar-refractivity contribution in [2.75, 3.05) is 11.1 Å². The van der Waals surface area contributed by atoms with Crippen LogP contribution in [0.2, 0.25) is 0 Å². The van der Waals surface area contributed by atoms with E-state index in [1.165, 1.54) is 11.8 Å². The molecule has 8 heteroatoms. The molecular formula is C15H13BrN4OS2. The van der Waals surface area contributed by atoms with Gasteiger partial charge in [-0.25, -0.2) is 0 Å². The molecular weight excluding hydrogens is 396 g/mol. The predicted molar refractivity (Wildman–Crippen MR) is 103 cm³/mol. The van der Waals surface area contributed by atoms with Crippen LogP contribution in [0.1, 0.15) is 5.69 Å². The summed E-state index contributed by atoms with van der Waals surface area (Å²) in [6, 6.07) is 12.9. The first-order valence-electron chi connectivity index (χ1n) is 6.56. The summed E-state index contributed by atoms with van der Waals surface area (Å²) < 4.78 is 1.32. The lowest BCUT2D eigenvalue weighted by Crippen LogP contribution is -2.18. The Morgan fingerprint density at radius 3 is 2.96 bits per heavy atom. The lowest BCUT2D eigenvalue weighted by Gasteiger charge is -2.05. The fraction of sp³-hybridized carbons (Fsp3) is 0.0667. The van der Waals surface area contributed by atoms with Gasteiger partial charge in [0.2, 0.25) is 5.91 Å². The quantitative estimate of drug-likeness (QED) is 0.450. The molecule has 23 heavy (non-hydrogen) atoms. The van der Waals surface area contributed by atoms with Crippen molar-refractivity contribution in [2.45, 2.75) is 0 Å². The van der Waals surface area contributed by atoms with Gasteiger partial charge in [0.1, 0.15) is 0 Å². The van der Waals surface area contributed by atoms with Crippen molar-refractivity contribution in [2.24, 2.45) is 5.10 Å². The van der Waals surface area contributed by atoms with Crippen molar-refractivity contribution < 1.29 is 4.79 Å². The first-order valence-corrected chi connectivity index (χ1v) is 8.74. The minimum Gasteiger partial charge on any atom is -0.325 e. The topological polar surface area (TPSA) is 66.4 Å². The highest BCUT2D eigenvalue weighted by molar-refractivity contribution is 9.10. The Balaban J connectivity index is 1.71. The number of pyridine rings is 1. The van der Waals surface area contributed by atoms with Crippen molar-refractivity contribution in [1.29, 1.82) is 0 Å². The van der Waals surface area contributed by atoms with Crippen LogP contribution in [0.25, 0.3) is 0 Å². The average Bonchev–Trinajstić information content (AvgIpc) is 2.54. The molecule has 0 aliphatic carbocycles. The minimum atomic E-state index is -0.133. The number of hydrogen-bond acceptors (Lipinski definition) is 5. The van der Waals surface area contributed by atoms with Gasteiger partial charge in [0.05, 0.1) is 17.7 Å². The summed E-state index contributed by atoms with van der Waals surface area (Å²) in [4.78, 5) is 15.9. The fourth-order valence-electron chi connectivity index (χ4n) is 1.53. The maximum Gasteiger partial charge on any atom is 0.234 e. The zero-order chi connectivity index (χ0) is 16.5. The Labute approximate surface area is 152 Å². The molecule has 0 aliphatic rings. The average molecular weight is 409 g/mol. The van der Waals surface area contributed by atoms with E-state index in [0.717, 1.165) is 15.9 Å². The van der Waals surface area contributed by atoms with Gasteiger partial charge in [0.25, 0.3) is 0 Å². The molecule has 0 saturated carbocycles. The van der Waals surface area contributed by atoms with Crippen LogP contribution in [0.3, 0.4) is 0 Å². The van der Waals surface area contributed by atoms with Crippen LogP contribution in [-0.2, 0) is 4.79 Å². The summed E-state index contributed by atoms with van der Waals surface area (Å²) in [6.45, 7) is 0. The highest BCUT2D eigenvalue weighted by atomic mass is 79.9. The summed E-state index contributed by atoms with van der Waals surface area (Å²) in [5.41, 5.74) is 4.15. The van der Waals surface area contributed by atoms with Crippen molar-refractivity contribution in [3.05, 3.63) is 58.8 Å². The number of aromatic nitrogens is 1. The maximum atomic E-state index is 11.8. The summed E-state index contributed by atoms with van der Waals surface area (Å²) in [7, 11) is 0. The Morgan fingerprint density at radius 1 is 1.35 bits per heavy atom. The molecule has 1 aromatic heterocycles. The minimum absolute atomic E-state index is 0.133. The first-order chi connectivity index (χ1) is 11.1. The summed E-state index contributed by atoms with van der Waals surface area (Å²) >= 11 is 9.66. The number of hydrogen-bond donors (Lipinski definition) is 2. The monoisotopic (exact) mass is 408 g/mol. The molecule has 0 saturated heterocycles. The van der Waals surface area contributed by atoms with E-state index in [2.05, 4.69) is 36.8 Å². The number of thiocarbonyl (C=S) groups is 1. The first kappa shape index (κ1) is 17.6. The Bertz CT molecular complexity index is 710. The SMILES string of the molecule is O=C(CSC(=S)N/N=C/c1ccccn1)Nc1cccc(Br)c1. The van der Waals surface area contributed by atoms with Gasteiger partial charge in [-0.2, -0.15) is 5.10 Å². The molecule has 0 bridgehead atoms.